The molecule has 10 heteroatoms. The largest absolute Gasteiger partial charge is 0.573 e. The SMILES string of the molecule is CCNc1nc(Nc2cccc(Cl)c2Cl)cc(-c2cccc(OC(F)(F)F)c2)n1. The summed E-state index contributed by atoms with van der Waals surface area (Å²) < 4.78 is 41.6. The van der Waals surface area contributed by atoms with E-state index in [1.807, 2.05) is 6.92 Å². The van der Waals surface area contributed by atoms with Crippen LogP contribution < -0.4 is 15.4 Å². The summed E-state index contributed by atoms with van der Waals surface area (Å²) >= 11 is 12.2. The molecule has 0 amide bonds. The Morgan fingerprint density at radius 3 is 2.52 bits per heavy atom. The normalized spacial score (nSPS) is 11.2. The van der Waals surface area contributed by atoms with Gasteiger partial charge in [0.15, 0.2) is 0 Å². The molecule has 5 nitrogen and oxygen atoms in total. The Morgan fingerprint density at radius 2 is 1.79 bits per heavy atom. The predicted molar refractivity (Wildman–Crippen MR) is 108 cm³/mol. The number of aromatic nitrogens is 2. The second-order valence-electron chi connectivity index (χ2n) is 5.79. The van der Waals surface area contributed by atoms with Gasteiger partial charge < -0.3 is 15.4 Å². The molecule has 2 aromatic carbocycles. The third-order valence-corrected chi connectivity index (χ3v) is 4.46. The number of hydrogen-bond acceptors (Lipinski definition) is 5. The molecular formula is C19H15Cl2F3N4O. The van der Waals surface area contributed by atoms with Gasteiger partial charge in [-0.1, -0.05) is 41.4 Å². The van der Waals surface area contributed by atoms with E-state index in [9.17, 15) is 13.2 Å². The van der Waals surface area contributed by atoms with Crippen LogP contribution in [0, 0.1) is 0 Å². The second kappa shape index (κ2) is 8.75. The lowest BCUT2D eigenvalue weighted by atomic mass is 10.1. The number of rotatable bonds is 6. The summed E-state index contributed by atoms with van der Waals surface area (Å²) in [4.78, 5) is 8.70. The summed E-state index contributed by atoms with van der Waals surface area (Å²) in [5, 5.41) is 6.74. The molecule has 0 bridgehead atoms. The van der Waals surface area contributed by atoms with Crippen LogP contribution in [0.1, 0.15) is 6.92 Å². The molecule has 1 aromatic heterocycles. The zero-order chi connectivity index (χ0) is 21.0. The van der Waals surface area contributed by atoms with E-state index in [1.165, 1.54) is 18.2 Å². The maximum absolute atomic E-state index is 12.5. The van der Waals surface area contributed by atoms with E-state index in [2.05, 4.69) is 25.3 Å². The van der Waals surface area contributed by atoms with Crippen LogP contribution in [0.5, 0.6) is 5.75 Å². The number of anilines is 3. The fourth-order valence-corrected chi connectivity index (χ4v) is 2.83. The Kier molecular flexibility index (Phi) is 6.34. The molecule has 0 aliphatic carbocycles. The molecule has 0 radical (unpaired) electrons. The first-order valence-corrected chi connectivity index (χ1v) is 9.21. The van der Waals surface area contributed by atoms with Crippen LogP contribution in [0.25, 0.3) is 11.3 Å². The number of hydrogen-bond donors (Lipinski definition) is 2. The molecule has 0 fully saturated rings. The van der Waals surface area contributed by atoms with Crippen molar-refractivity contribution in [2.24, 2.45) is 0 Å². The highest BCUT2D eigenvalue weighted by Crippen LogP contribution is 2.33. The summed E-state index contributed by atoms with van der Waals surface area (Å²) in [6, 6.07) is 12.2. The number of benzene rings is 2. The molecule has 0 spiro atoms. The number of nitrogens with one attached hydrogen (secondary N) is 2. The molecule has 0 atom stereocenters. The van der Waals surface area contributed by atoms with Crippen LogP contribution in [0.2, 0.25) is 10.0 Å². The van der Waals surface area contributed by atoms with E-state index in [4.69, 9.17) is 23.2 Å². The summed E-state index contributed by atoms with van der Waals surface area (Å²) in [6.07, 6.45) is -4.78. The van der Waals surface area contributed by atoms with Crippen molar-refractivity contribution in [2.75, 3.05) is 17.2 Å². The summed E-state index contributed by atoms with van der Waals surface area (Å²) in [5.41, 5.74) is 1.35. The van der Waals surface area contributed by atoms with Crippen LogP contribution >= 0.6 is 23.2 Å². The fraction of sp³-hybridized carbons (Fsp3) is 0.158. The van der Waals surface area contributed by atoms with Gasteiger partial charge in [-0.3, -0.25) is 0 Å². The van der Waals surface area contributed by atoms with Crippen molar-refractivity contribution >= 4 is 40.7 Å². The Balaban J connectivity index is 1.99. The highest BCUT2D eigenvalue weighted by molar-refractivity contribution is 6.43. The molecule has 0 saturated heterocycles. The number of nitrogens with zero attached hydrogens (tertiary/aromatic N) is 2. The monoisotopic (exact) mass is 442 g/mol. The summed E-state index contributed by atoms with van der Waals surface area (Å²) in [5.74, 6) is 0.344. The molecule has 0 aliphatic heterocycles. The van der Waals surface area contributed by atoms with Crippen molar-refractivity contribution in [3.05, 3.63) is 58.6 Å². The van der Waals surface area contributed by atoms with Crippen molar-refractivity contribution in [2.45, 2.75) is 13.3 Å². The van der Waals surface area contributed by atoms with Crippen molar-refractivity contribution in [1.29, 1.82) is 0 Å². The summed E-state index contributed by atoms with van der Waals surface area (Å²) in [7, 11) is 0. The maximum atomic E-state index is 12.5. The van der Waals surface area contributed by atoms with Gasteiger partial charge in [0, 0.05) is 18.2 Å². The van der Waals surface area contributed by atoms with E-state index in [-0.39, 0.29) is 5.75 Å². The van der Waals surface area contributed by atoms with Gasteiger partial charge in [-0.25, -0.2) is 4.98 Å². The first-order valence-electron chi connectivity index (χ1n) is 8.45. The van der Waals surface area contributed by atoms with Gasteiger partial charge in [0.05, 0.1) is 21.4 Å². The van der Waals surface area contributed by atoms with Gasteiger partial charge >= 0.3 is 6.36 Å². The van der Waals surface area contributed by atoms with Crippen LogP contribution in [0.4, 0.5) is 30.6 Å². The minimum absolute atomic E-state index is 0.299. The first kappa shape index (κ1) is 21.0. The molecule has 1 heterocycles. The van der Waals surface area contributed by atoms with Gasteiger partial charge in [-0.05, 0) is 31.2 Å². The second-order valence-corrected chi connectivity index (χ2v) is 6.58. The zero-order valence-electron chi connectivity index (χ0n) is 15.0. The number of halogens is 5. The maximum Gasteiger partial charge on any atom is 0.573 e. The molecule has 0 saturated carbocycles. The van der Waals surface area contributed by atoms with E-state index < -0.39 is 6.36 Å². The lowest BCUT2D eigenvalue weighted by Crippen LogP contribution is -2.17. The molecule has 3 aromatic rings. The van der Waals surface area contributed by atoms with Gasteiger partial charge in [0.1, 0.15) is 11.6 Å². The third kappa shape index (κ3) is 5.65. The highest BCUT2D eigenvalue weighted by atomic mass is 35.5. The third-order valence-electron chi connectivity index (χ3n) is 3.64. The Hall–Kier alpha value is -2.71. The van der Waals surface area contributed by atoms with Gasteiger partial charge in [0.25, 0.3) is 0 Å². The van der Waals surface area contributed by atoms with E-state index in [0.29, 0.717) is 45.3 Å². The van der Waals surface area contributed by atoms with Crippen LogP contribution in [-0.4, -0.2) is 22.9 Å². The topological polar surface area (TPSA) is 59.1 Å². The Bertz CT molecular complexity index is 1010. The fourth-order valence-electron chi connectivity index (χ4n) is 2.49. The lowest BCUT2D eigenvalue weighted by Gasteiger charge is -2.13. The van der Waals surface area contributed by atoms with Crippen molar-refractivity contribution in [3.8, 4) is 17.0 Å². The van der Waals surface area contributed by atoms with Crippen molar-refractivity contribution in [3.63, 3.8) is 0 Å². The Morgan fingerprint density at radius 1 is 1.03 bits per heavy atom. The first-order chi connectivity index (χ1) is 13.7. The zero-order valence-corrected chi connectivity index (χ0v) is 16.5. The molecule has 3 rings (SSSR count). The average molecular weight is 443 g/mol. The van der Waals surface area contributed by atoms with E-state index >= 15 is 0 Å². The van der Waals surface area contributed by atoms with Gasteiger partial charge in [-0.15, -0.1) is 13.2 Å². The highest BCUT2D eigenvalue weighted by Gasteiger charge is 2.31. The van der Waals surface area contributed by atoms with Gasteiger partial charge in [-0.2, -0.15) is 4.98 Å². The smallest absolute Gasteiger partial charge is 0.406 e. The van der Waals surface area contributed by atoms with E-state index in [0.717, 1.165) is 0 Å². The van der Waals surface area contributed by atoms with Crippen molar-refractivity contribution in [1.82, 2.24) is 9.97 Å². The molecule has 0 aliphatic rings. The molecular weight excluding hydrogens is 428 g/mol. The van der Waals surface area contributed by atoms with Crippen LogP contribution in [0.15, 0.2) is 48.5 Å². The van der Waals surface area contributed by atoms with E-state index in [1.54, 1.807) is 30.3 Å². The van der Waals surface area contributed by atoms with Crippen LogP contribution in [-0.2, 0) is 0 Å². The van der Waals surface area contributed by atoms with Crippen LogP contribution in [0.3, 0.4) is 0 Å². The molecule has 2 N–H and O–H groups in total. The molecule has 29 heavy (non-hydrogen) atoms. The quantitative estimate of drug-likeness (QED) is 0.454. The number of ether oxygens (including phenoxy) is 1. The minimum Gasteiger partial charge on any atom is -0.406 e. The molecule has 152 valence electrons. The van der Waals surface area contributed by atoms with Crippen molar-refractivity contribution < 1.29 is 17.9 Å². The number of alkyl halides is 3. The molecule has 0 unspecified atom stereocenters. The summed E-state index contributed by atoms with van der Waals surface area (Å²) in [6.45, 7) is 2.42. The standard InChI is InChI=1S/C19H15Cl2F3N4O/c1-2-25-18-27-15(11-5-3-6-12(9-11)29-19(22,23)24)10-16(28-18)26-14-8-4-7-13(20)17(14)21/h3-10H,2H2,1H3,(H2,25,26,27,28). The van der Waals surface area contributed by atoms with Gasteiger partial charge in [0.2, 0.25) is 5.95 Å². The lowest BCUT2D eigenvalue weighted by molar-refractivity contribution is -0.274. The Labute approximate surface area is 174 Å². The minimum atomic E-state index is -4.78. The predicted octanol–water partition coefficient (Wildman–Crippen LogP) is 6.52. The average Bonchev–Trinajstić information content (AvgIpc) is 2.64.